The Balaban J connectivity index is 3.47. The summed E-state index contributed by atoms with van der Waals surface area (Å²) in [6.45, 7) is 4.90. The molecule has 2 unspecified atom stereocenters. The highest BCUT2D eigenvalue weighted by atomic mass is 16.5. The molecule has 0 aromatic rings. The van der Waals surface area contributed by atoms with Gasteiger partial charge < -0.3 is 20.3 Å². The smallest absolute Gasteiger partial charge is 0.305 e. The molecule has 0 aliphatic heterocycles. The van der Waals surface area contributed by atoms with E-state index in [4.69, 9.17) is 4.74 Å². The number of allylic oxidation sites excluding steroid dienone is 6. The molecule has 6 heteroatoms. The summed E-state index contributed by atoms with van der Waals surface area (Å²) in [6, 6.07) is -0.553. The van der Waals surface area contributed by atoms with Crippen LogP contribution in [0, 0.1) is 0 Å². The van der Waals surface area contributed by atoms with Crippen molar-refractivity contribution in [2.45, 2.75) is 302 Å². The first-order valence-electron chi connectivity index (χ1n) is 27.7. The molecule has 0 saturated heterocycles. The topological polar surface area (TPSA) is 95.9 Å². The number of carbonyl (C=O) groups excluding carboxylic acids is 2. The molecule has 63 heavy (non-hydrogen) atoms. The molecule has 0 aliphatic carbocycles. The third kappa shape index (κ3) is 49.4. The Bertz CT molecular complexity index is 1020. The lowest BCUT2D eigenvalue weighted by Crippen LogP contribution is -2.45. The average Bonchev–Trinajstić information content (AvgIpc) is 3.28. The molecule has 0 radical (unpaired) electrons. The van der Waals surface area contributed by atoms with Crippen molar-refractivity contribution >= 4 is 11.9 Å². The first-order valence-corrected chi connectivity index (χ1v) is 27.7. The van der Waals surface area contributed by atoms with Crippen molar-refractivity contribution < 1.29 is 24.5 Å². The Labute approximate surface area is 392 Å². The number of carbonyl (C=O) groups is 2. The fourth-order valence-corrected chi connectivity index (χ4v) is 8.37. The van der Waals surface area contributed by atoms with Gasteiger partial charge in [-0.3, -0.25) is 9.59 Å². The summed E-state index contributed by atoms with van der Waals surface area (Å²) in [6.07, 6.45) is 64.1. The molecule has 0 spiro atoms. The van der Waals surface area contributed by atoms with Gasteiger partial charge in [-0.2, -0.15) is 0 Å². The highest BCUT2D eigenvalue weighted by molar-refractivity contribution is 5.76. The van der Waals surface area contributed by atoms with E-state index in [0.717, 1.165) is 77.0 Å². The number of rotatable bonds is 51. The van der Waals surface area contributed by atoms with Crippen molar-refractivity contribution in [1.29, 1.82) is 0 Å². The first-order chi connectivity index (χ1) is 31.0. The summed E-state index contributed by atoms with van der Waals surface area (Å²) in [5.41, 5.74) is 0. The Kier molecular flexibility index (Phi) is 51.1. The van der Waals surface area contributed by atoms with Crippen LogP contribution in [0.5, 0.6) is 0 Å². The van der Waals surface area contributed by atoms with Gasteiger partial charge in [-0.05, 0) is 83.5 Å². The monoisotopic (exact) mass is 886 g/mol. The summed E-state index contributed by atoms with van der Waals surface area (Å²) >= 11 is 0. The first kappa shape index (κ1) is 61.1. The summed E-state index contributed by atoms with van der Waals surface area (Å²) < 4.78 is 5.46. The van der Waals surface area contributed by atoms with Gasteiger partial charge in [-0.1, -0.05) is 230 Å². The molecular formula is C57H107NO5. The van der Waals surface area contributed by atoms with E-state index >= 15 is 0 Å². The predicted molar refractivity (Wildman–Crippen MR) is 273 cm³/mol. The van der Waals surface area contributed by atoms with Crippen molar-refractivity contribution in [1.82, 2.24) is 5.32 Å². The molecule has 0 aromatic heterocycles. The number of hydrogen-bond acceptors (Lipinski definition) is 5. The summed E-state index contributed by atoms with van der Waals surface area (Å²) in [5.74, 6) is -0.0686. The van der Waals surface area contributed by atoms with Crippen molar-refractivity contribution in [3.63, 3.8) is 0 Å². The maximum atomic E-state index is 12.4. The fourth-order valence-electron chi connectivity index (χ4n) is 8.37. The van der Waals surface area contributed by atoms with Crippen LogP contribution < -0.4 is 5.32 Å². The minimum Gasteiger partial charge on any atom is -0.466 e. The van der Waals surface area contributed by atoms with Crippen LogP contribution in [0.25, 0.3) is 0 Å². The molecule has 0 rings (SSSR count). The van der Waals surface area contributed by atoms with E-state index in [1.54, 1.807) is 0 Å². The van der Waals surface area contributed by atoms with E-state index in [1.807, 2.05) is 0 Å². The molecule has 6 nitrogen and oxygen atoms in total. The van der Waals surface area contributed by atoms with Gasteiger partial charge in [-0.25, -0.2) is 0 Å². The summed E-state index contributed by atoms with van der Waals surface area (Å²) in [5, 5.41) is 23.2. The van der Waals surface area contributed by atoms with Crippen molar-refractivity contribution in [3.05, 3.63) is 36.5 Å². The normalized spacial score (nSPS) is 12.9. The van der Waals surface area contributed by atoms with E-state index in [1.165, 1.54) is 180 Å². The van der Waals surface area contributed by atoms with E-state index in [-0.39, 0.29) is 18.5 Å². The quantitative estimate of drug-likeness (QED) is 0.0321. The Morgan fingerprint density at radius 2 is 0.794 bits per heavy atom. The molecule has 0 aliphatic rings. The fraction of sp³-hybridized carbons (Fsp3) is 0.860. The summed E-state index contributed by atoms with van der Waals surface area (Å²) in [7, 11) is 0. The summed E-state index contributed by atoms with van der Waals surface area (Å²) in [4.78, 5) is 24.5. The maximum Gasteiger partial charge on any atom is 0.305 e. The lowest BCUT2D eigenvalue weighted by Gasteiger charge is -2.22. The molecular weight excluding hydrogens is 779 g/mol. The molecule has 370 valence electrons. The van der Waals surface area contributed by atoms with Crippen LogP contribution in [-0.4, -0.2) is 47.4 Å². The van der Waals surface area contributed by atoms with Crippen molar-refractivity contribution in [3.8, 4) is 0 Å². The standard InChI is InChI=1S/C57H107NO5/c1-3-5-7-9-11-13-15-17-18-19-20-23-27-31-35-39-43-47-51-57(62)63-52-48-44-40-36-32-28-24-21-22-26-30-34-38-42-46-50-56(61)58-54(53-59)55(60)49-45-41-37-33-29-25-16-14-12-10-8-6-4-2/h13,15,18-19,24,28,54-55,59-60H,3-12,14,16-17,20-23,25-27,29-53H2,1-2H3,(H,58,61)/b15-13-,19-18-,28-24-. The van der Waals surface area contributed by atoms with E-state index in [2.05, 4.69) is 55.6 Å². The molecule has 0 heterocycles. The van der Waals surface area contributed by atoms with Gasteiger partial charge in [0.2, 0.25) is 5.91 Å². The molecule has 0 fully saturated rings. The van der Waals surface area contributed by atoms with Crippen LogP contribution in [-0.2, 0) is 14.3 Å². The number of amides is 1. The number of hydrogen-bond donors (Lipinski definition) is 3. The molecule has 0 saturated carbocycles. The maximum absolute atomic E-state index is 12.4. The van der Waals surface area contributed by atoms with Crippen LogP contribution >= 0.6 is 0 Å². The zero-order valence-corrected chi connectivity index (χ0v) is 42.1. The zero-order valence-electron chi connectivity index (χ0n) is 42.1. The van der Waals surface area contributed by atoms with Crippen LogP contribution in [0.4, 0.5) is 0 Å². The largest absolute Gasteiger partial charge is 0.466 e. The Morgan fingerprint density at radius 3 is 1.24 bits per heavy atom. The van der Waals surface area contributed by atoms with Gasteiger partial charge in [0.15, 0.2) is 0 Å². The highest BCUT2D eigenvalue weighted by Gasteiger charge is 2.20. The van der Waals surface area contributed by atoms with Gasteiger partial charge in [-0.15, -0.1) is 0 Å². The van der Waals surface area contributed by atoms with Crippen molar-refractivity contribution in [2.75, 3.05) is 13.2 Å². The van der Waals surface area contributed by atoms with Gasteiger partial charge in [0.1, 0.15) is 0 Å². The number of ether oxygens (including phenoxy) is 1. The third-order valence-corrected chi connectivity index (χ3v) is 12.7. The second kappa shape index (κ2) is 52.7. The SMILES string of the molecule is CCCCCC/C=C\C/C=C\CCCCCCCCCC(=O)OCCCCCC/C=C\CCCCCCCCCC(=O)NC(CO)C(O)CCCCCCCCCCCCCCC. The molecule has 1 amide bonds. The van der Waals surface area contributed by atoms with E-state index in [0.29, 0.717) is 25.9 Å². The zero-order chi connectivity index (χ0) is 45.8. The van der Waals surface area contributed by atoms with Crippen molar-refractivity contribution in [2.24, 2.45) is 0 Å². The van der Waals surface area contributed by atoms with Gasteiger partial charge in [0.05, 0.1) is 25.4 Å². The third-order valence-electron chi connectivity index (χ3n) is 12.7. The van der Waals surface area contributed by atoms with Gasteiger partial charge >= 0.3 is 5.97 Å². The van der Waals surface area contributed by atoms with Crippen LogP contribution in [0.1, 0.15) is 290 Å². The second-order valence-electron chi connectivity index (χ2n) is 18.9. The predicted octanol–water partition coefficient (Wildman–Crippen LogP) is 16.9. The van der Waals surface area contributed by atoms with E-state index < -0.39 is 12.1 Å². The van der Waals surface area contributed by atoms with Gasteiger partial charge in [0.25, 0.3) is 0 Å². The minimum atomic E-state index is -0.674. The molecule has 3 N–H and O–H groups in total. The number of aliphatic hydroxyl groups is 2. The number of unbranched alkanes of at least 4 members (excludes halogenated alkanes) is 34. The average molecular weight is 886 g/mol. The van der Waals surface area contributed by atoms with Crippen LogP contribution in [0.2, 0.25) is 0 Å². The number of aliphatic hydroxyl groups excluding tert-OH is 2. The minimum absolute atomic E-state index is 0.0176. The van der Waals surface area contributed by atoms with E-state index in [9.17, 15) is 19.8 Å². The molecule has 2 atom stereocenters. The Hall–Kier alpha value is -1.92. The number of nitrogens with one attached hydrogen (secondary N) is 1. The molecule has 0 aromatic carbocycles. The van der Waals surface area contributed by atoms with Crippen LogP contribution in [0.15, 0.2) is 36.5 Å². The molecule has 0 bridgehead atoms. The van der Waals surface area contributed by atoms with Gasteiger partial charge in [0, 0.05) is 12.8 Å². The second-order valence-corrected chi connectivity index (χ2v) is 18.9. The Morgan fingerprint density at radius 1 is 0.444 bits per heavy atom. The lowest BCUT2D eigenvalue weighted by atomic mass is 10.0. The number of esters is 1. The highest BCUT2D eigenvalue weighted by Crippen LogP contribution is 2.16. The lowest BCUT2D eigenvalue weighted by molar-refractivity contribution is -0.143. The van der Waals surface area contributed by atoms with Crippen LogP contribution in [0.3, 0.4) is 0 Å².